The molecule has 2 aromatic carbocycles. The molecule has 0 bridgehead atoms. The van der Waals surface area contributed by atoms with E-state index in [-0.39, 0.29) is 107 Å². The maximum absolute atomic E-state index is 12.4. The summed E-state index contributed by atoms with van der Waals surface area (Å²) in [7, 11) is 0. The number of rotatable bonds is 30. The Bertz CT molecular complexity index is 1960. The van der Waals surface area contributed by atoms with E-state index in [1.165, 1.54) is 64.1 Å². The highest BCUT2D eigenvalue weighted by Gasteiger charge is 2.22. The minimum Gasteiger partial charge on any atom is -0.463 e. The first-order valence-electron chi connectivity index (χ1n) is 22.0. The van der Waals surface area contributed by atoms with Crippen molar-refractivity contribution < 1.29 is 106 Å². The second-order valence-electron chi connectivity index (χ2n) is 14.8. The average molecular weight is 979 g/mol. The van der Waals surface area contributed by atoms with E-state index in [0.29, 0.717) is 25.7 Å². The summed E-state index contributed by atoms with van der Waals surface area (Å²) in [5.41, 5.74) is 0.393. The molecule has 22 heteroatoms. The Labute approximate surface area is 399 Å². The van der Waals surface area contributed by atoms with Crippen molar-refractivity contribution >= 4 is 59.7 Å². The van der Waals surface area contributed by atoms with Gasteiger partial charge in [0.25, 0.3) is 0 Å². The van der Waals surface area contributed by atoms with Gasteiger partial charge >= 0.3 is 59.7 Å². The fourth-order valence-corrected chi connectivity index (χ4v) is 5.08. The molecule has 0 amide bonds. The minimum atomic E-state index is -0.780. The lowest BCUT2D eigenvalue weighted by atomic mass is 10.1. The summed E-state index contributed by atoms with van der Waals surface area (Å²) in [6, 6.07) is 11.5. The minimum absolute atomic E-state index is 0.000536. The van der Waals surface area contributed by atoms with Crippen LogP contribution in [0.2, 0.25) is 0 Å². The van der Waals surface area contributed by atoms with E-state index in [4.69, 9.17) is 48.1 Å². The maximum atomic E-state index is 12.4. The van der Waals surface area contributed by atoms with Crippen LogP contribution in [0.15, 0.2) is 48.5 Å². The third-order valence-electron chi connectivity index (χ3n) is 8.43. The monoisotopic (exact) mass is 978 g/mol. The quantitative estimate of drug-likeness (QED) is 0.0642. The molecule has 0 spiro atoms. The summed E-state index contributed by atoms with van der Waals surface area (Å²) in [4.78, 5) is 116. The maximum Gasteiger partial charge on any atom is 0.339 e. The molecule has 3 unspecified atom stereocenters. The molecule has 0 saturated carbocycles. The van der Waals surface area contributed by atoms with E-state index in [1.54, 1.807) is 19.1 Å². The van der Waals surface area contributed by atoms with E-state index in [0.717, 1.165) is 0 Å². The third kappa shape index (κ3) is 29.4. The van der Waals surface area contributed by atoms with Crippen LogP contribution in [-0.4, -0.2) is 148 Å². The van der Waals surface area contributed by atoms with Gasteiger partial charge in [-0.15, -0.1) is 0 Å². The summed E-state index contributed by atoms with van der Waals surface area (Å²) in [5, 5.41) is 18.1. The Morgan fingerprint density at radius 3 is 1.25 bits per heavy atom. The van der Waals surface area contributed by atoms with Crippen molar-refractivity contribution in [3.05, 3.63) is 70.8 Å². The molecule has 3 atom stereocenters. The molecule has 2 aromatic rings. The van der Waals surface area contributed by atoms with Crippen LogP contribution in [0.4, 0.5) is 0 Å². The molecule has 69 heavy (non-hydrogen) atoms. The molecule has 22 nitrogen and oxygen atoms in total. The van der Waals surface area contributed by atoms with E-state index in [9.17, 15) is 47.9 Å². The van der Waals surface area contributed by atoms with E-state index in [1.807, 2.05) is 0 Å². The molecule has 0 aliphatic rings. The normalized spacial score (nSPS) is 11.6. The largest absolute Gasteiger partial charge is 0.463 e. The Balaban J connectivity index is 0.000000693. The molecule has 2 N–H and O–H groups in total. The summed E-state index contributed by atoms with van der Waals surface area (Å²) in [5.74, 6) is -5.67. The second-order valence-corrected chi connectivity index (χ2v) is 14.8. The number of unbranched alkanes of at least 4 members (excludes halogenated alkanes) is 2. The van der Waals surface area contributed by atoms with Gasteiger partial charge in [0.2, 0.25) is 0 Å². The Morgan fingerprint density at radius 1 is 0.435 bits per heavy atom. The highest BCUT2D eigenvalue weighted by atomic mass is 16.6. The van der Waals surface area contributed by atoms with Crippen LogP contribution in [0.25, 0.3) is 0 Å². The van der Waals surface area contributed by atoms with Crippen LogP contribution < -0.4 is 0 Å². The number of hydrogen-bond acceptors (Lipinski definition) is 22. The first-order valence-corrected chi connectivity index (χ1v) is 22.0. The number of benzene rings is 2. The van der Waals surface area contributed by atoms with Gasteiger partial charge in [-0.25, -0.2) is 19.2 Å². The van der Waals surface area contributed by atoms with Crippen molar-refractivity contribution in [3.63, 3.8) is 0 Å². The average Bonchev–Trinajstić information content (AvgIpc) is 3.31. The Kier molecular flexibility index (Phi) is 30.7. The van der Waals surface area contributed by atoms with Gasteiger partial charge in [0.05, 0.1) is 35.0 Å². The summed E-state index contributed by atoms with van der Waals surface area (Å²) < 4.78 is 49.3. The third-order valence-corrected chi connectivity index (χ3v) is 8.43. The van der Waals surface area contributed by atoms with Gasteiger partial charge in [-0.05, 0) is 82.9 Å². The lowest BCUT2D eigenvalue weighted by Crippen LogP contribution is -2.24. The Morgan fingerprint density at radius 2 is 0.826 bits per heavy atom. The van der Waals surface area contributed by atoms with E-state index in [2.05, 4.69) is 9.47 Å². The number of aliphatic hydroxyl groups is 2. The van der Waals surface area contributed by atoms with Gasteiger partial charge in [0.1, 0.15) is 65.1 Å². The first-order chi connectivity index (χ1) is 32.8. The fourth-order valence-electron chi connectivity index (χ4n) is 5.08. The SMILES string of the molecule is CC(=O)OCCOC(=O)CCCCC(=O)OCCOC(=O)c1ccc(C(=O)OCCOC(C)=O)cc1.CC(O)COC(=O)CCCCC(=O)OC(C)COC(=O)c1ccccc1C(=O)OC(C)CO. The van der Waals surface area contributed by atoms with Crippen molar-refractivity contribution in [2.75, 3.05) is 59.5 Å². The predicted molar refractivity (Wildman–Crippen MR) is 236 cm³/mol. The Hall–Kier alpha value is -6.94. The second kappa shape index (κ2) is 35.2. The van der Waals surface area contributed by atoms with Gasteiger partial charge in [0, 0.05) is 39.5 Å². The number of hydrogen-bond donors (Lipinski definition) is 2. The van der Waals surface area contributed by atoms with Gasteiger partial charge in [0.15, 0.2) is 0 Å². The summed E-state index contributed by atoms with van der Waals surface area (Å²) in [6.07, 6.45) is -0.0639. The molecule has 0 aromatic heterocycles. The molecule has 0 fully saturated rings. The lowest BCUT2D eigenvalue weighted by molar-refractivity contribution is -0.151. The molecular formula is C47H62O22. The number of esters is 10. The van der Waals surface area contributed by atoms with Gasteiger partial charge in [-0.2, -0.15) is 0 Å². The predicted octanol–water partition coefficient (Wildman–Crippen LogP) is 3.57. The van der Waals surface area contributed by atoms with Crippen molar-refractivity contribution in [1.82, 2.24) is 0 Å². The zero-order valence-corrected chi connectivity index (χ0v) is 39.4. The van der Waals surface area contributed by atoms with Crippen LogP contribution in [0.5, 0.6) is 0 Å². The first kappa shape index (κ1) is 60.1. The van der Waals surface area contributed by atoms with Gasteiger partial charge in [-0.3, -0.25) is 28.8 Å². The van der Waals surface area contributed by atoms with Crippen molar-refractivity contribution in [3.8, 4) is 0 Å². The van der Waals surface area contributed by atoms with E-state index >= 15 is 0 Å². The van der Waals surface area contributed by atoms with Crippen molar-refractivity contribution in [2.45, 2.75) is 104 Å². The molecule has 0 aliphatic heterocycles. The lowest BCUT2D eigenvalue weighted by Gasteiger charge is -2.15. The van der Waals surface area contributed by atoms with Crippen molar-refractivity contribution in [1.29, 1.82) is 0 Å². The summed E-state index contributed by atoms with van der Waals surface area (Å²) in [6.45, 7) is 6.00. The topological polar surface area (TPSA) is 303 Å². The molecule has 0 saturated heterocycles. The highest BCUT2D eigenvalue weighted by molar-refractivity contribution is 6.03. The molecule has 0 radical (unpaired) electrons. The smallest absolute Gasteiger partial charge is 0.339 e. The number of ether oxygens (including phenoxy) is 10. The summed E-state index contributed by atoms with van der Waals surface area (Å²) >= 11 is 0. The molecular weight excluding hydrogens is 916 g/mol. The van der Waals surface area contributed by atoms with Crippen LogP contribution >= 0.6 is 0 Å². The molecule has 382 valence electrons. The highest BCUT2D eigenvalue weighted by Crippen LogP contribution is 2.14. The van der Waals surface area contributed by atoms with Crippen LogP contribution in [0.3, 0.4) is 0 Å². The van der Waals surface area contributed by atoms with Crippen molar-refractivity contribution in [2.24, 2.45) is 0 Å². The molecule has 2 rings (SSSR count). The zero-order chi connectivity index (χ0) is 51.6. The van der Waals surface area contributed by atoms with Crippen LogP contribution in [0.1, 0.15) is 127 Å². The van der Waals surface area contributed by atoms with Gasteiger partial charge in [-0.1, -0.05) is 12.1 Å². The number of aliphatic hydroxyl groups excluding tert-OH is 2. The van der Waals surface area contributed by atoms with Crippen LogP contribution in [0, 0.1) is 0 Å². The molecule has 0 aliphatic carbocycles. The zero-order valence-electron chi connectivity index (χ0n) is 39.4. The standard InChI is InChI=1S/C24H30O12.C23H32O10/c1-17(25)31-11-13-33-21(27)5-3-4-6-22(28)34-14-16-36-24(30)20-9-7-19(8-10-20)23(29)35-15-12-32-18(2)26;1-15(25)13-30-20(26)10-6-7-11-21(27)32-17(3)14-31-22(28)18-8-4-5-9-19(18)23(29)33-16(2)12-24/h7-10H,3-6,11-16H2,1-2H3;4-5,8-9,15-17,24-25H,6-7,10-14H2,1-3H3. The fraction of sp³-hybridized carbons (Fsp3) is 0.532. The number of carbonyl (C=O) groups excluding carboxylic acids is 10. The number of carbonyl (C=O) groups is 10. The van der Waals surface area contributed by atoms with Crippen LogP contribution in [-0.2, 0) is 76.1 Å². The van der Waals surface area contributed by atoms with Gasteiger partial charge < -0.3 is 57.6 Å². The molecule has 0 heterocycles. The van der Waals surface area contributed by atoms with E-state index < -0.39 is 78.0 Å².